The topological polar surface area (TPSA) is 41.4 Å². The zero-order valence-corrected chi connectivity index (χ0v) is 16.0. The molecule has 27 heavy (non-hydrogen) atoms. The van der Waals surface area contributed by atoms with Gasteiger partial charge < -0.3 is 4.90 Å². The molecule has 5 nitrogen and oxygen atoms in total. The maximum atomic E-state index is 13.2. The molecule has 4 saturated heterocycles. The van der Waals surface area contributed by atoms with Crippen LogP contribution >= 0.6 is 0 Å². The Bertz CT molecular complexity index is 809. The smallest absolute Gasteiger partial charge is 0.224 e. The third kappa shape index (κ3) is 2.98. The van der Waals surface area contributed by atoms with Crippen molar-refractivity contribution in [2.24, 2.45) is 5.92 Å². The molecule has 0 radical (unpaired) electrons. The fourth-order valence-corrected chi connectivity index (χ4v) is 5.64. The van der Waals surface area contributed by atoms with Gasteiger partial charge in [0.2, 0.25) is 5.91 Å². The Morgan fingerprint density at radius 1 is 1.15 bits per heavy atom. The van der Waals surface area contributed by atoms with E-state index < -0.39 is 0 Å². The monoisotopic (exact) mass is 364 g/mol. The van der Waals surface area contributed by atoms with E-state index >= 15 is 0 Å². The normalized spacial score (nSPS) is 31.9. The van der Waals surface area contributed by atoms with Gasteiger partial charge in [0.15, 0.2) is 0 Å². The van der Waals surface area contributed by atoms with Crippen molar-refractivity contribution in [2.75, 3.05) is 19.6 Å². The number of rotatable bonds is 4. The summed E-state index contributed by atoms with van der Waals surface area (Å²) < 4.78 is 1.89. The van der Waals surface area contributed by atoms with Crippen molar-refractivity contribution in [3.8, 4) is 0 Å². The van der Waals surface area contributed by atoms with Gasteiger partial charge >= 0.3 is 0 Å². The van der Waals surface area contributed by atoms with E-state index in [4.69, 9.17) is 0 Å². The fraction of sp³-hybridized carbons (Fsp3) is 0.545. The number of piperidine rings is 3. The largest absolute Gasteiger partial charge is 0.337 e. The second-order valence-electron chi connectivity index (χ2n) is 8.45. The van der Waals surface area contributed by atoms with Crippen LogP contribution in [0, 0.1) is 12.8 Å². The van der Waals surface area contributed by atoms with Crippen LogP contribution in [-0.4, -0.2) is 57.2 Å². The highest BCUT2D eigenvalue weighted by Crippen LogP contribution is 2.46. The molecule has 0 spiro atoms. The van der Waals surface area contributed by atoms with Crippen LogP contribution in [-0.2, 0) is 11.3 Å². The first kappa shape index (κ1) is 17.0. The van der Waals surface area contributed by atoms with E-state index in [1.165, 1.54) is 31.5 Å². The van der Waals surface area contributed by atoms with Crippen molar-refractivity contribution >= 4 is 5.91 Å². The summed E-state index contributed by atoms with van der Waals surface area (Å²) in [5.74, 6) is 1.41. The van der Waals surface area contributed by atoms with Crippen molar-refractivity contribution in [2.45, 2.75) is 50.7 Å². The molecule has 4 aliphatic rings. The summed E-state index contributed by atoms with van der Waals surface area (Å²) in [5.41, 5.74) is 2.53. The van der Waals surface area contributed by atoms with Gasteiger partial charge in [-0.05, 0) is 49.9 Å². The molecule has 5 heterocycles. The Balaban J connectivity index is 1.38. The number of benzene rings is 1. The van der Waals surface area contributed by atoms with Gasteiger partial charge in [0.25, 0.3) is 0 Å². The first-order chi connectivity index (χ1) is 13.2. The minimum Gasteiger partial charge on any atom is -0.337 e. The van der Waals surface area contributed by atoms with Gasteiger partial charge in [0.1, 0.15) is 0 Å². The molecule has 142 valence electrons. The summed E-state index contributed by atoms with van der Waals surface area (Å²) in [5, 5.41) is 4.33. The Kier molecular flexibility index (Phi) is 4.27. The minimum atomic E-state index is 0.297. The van der Waals surface area contributed by atoms with Crippen LogP contribution in [0.5, 0.6) is 0 Å². The molecule has 5 heteroatoms. The van der Waals surface area contributed by atoms with Crippen molar-refractivity contribution in [3.05, 3.63) is 53.9 Å². The maximum absolute atomic E-state index is 13.2. The molecule has 0 N–H and O–H groups in total. The predicted octanol–water partition coefficient (Wildman–Crippen LogP) is 2.67. The third-order valence-corrected chi connectivity index (χ3v) is 6.86. The molecule has 4 fully saturated rings. The number of likely N-dealkylation sites (tertiary alicyclic amines) is 1. The van der Waals surface area contributed by atoms with Crippen LogP contribution in [0.25, 0.3) is 0 Å². The van der Waals surface area contributed by atoms with Crippen LogP contribution in [0.3, 0.4) is 0 Å². The van der Waals surface area contributed by atoms with Gasteiger partial charge in [-0.3, -0.25) is 14.4 Å². The first-order valence-electron chi connectivity index (χ1n) is 10.3. The number of fused-ring (bicyclic) bond motifs is 2. The summed E-state index contributed by atoms with van der Waals surface area (Å²) in [7, 11) is 0. The van der Waals surface area contributed by atoms with Crippen molar-refractivity contribution in [1.29, 1.82) is 0 Å². The van der Waals surface area contributed by atoms with Gasteiger partial charge in [0, 0.05) is 37.7 Å². The van der Waals surface area contributed by atoms with Crippen LogP contribution in [0.2, 0.25) is 0 Å². The van der Waals surface area contributed by atoms with E-state index in [9.17, 15) is 4.79 Å². The third-order valence-electron chi connectivity index (χ3n) is 6.86. The Morgan fingerprint density at radius 3 is 2.63 bits per heavy atom. The quantitative estimate of drug-likeness (QED) is 0.838. The van der Waals surface area contributed by atoms with Crippen LogP contribution in [0.1, 0.15) is 36.3 Å². The number of carbonyl (C=O) groups excluding carboxylic acids is 1. The number of aryl methyl sites for hydroxylation is 2. The molecule has 4 aliphatic heterocycles. The van der Waals surface area contributed by atoms with Crippen LogP contribution in [0.4, 0.5) is 0 Å². The molecule has 1 aromatic heterocycles. The number of hydrogen-bond acceptors (Lipinski definition) is 3. The van der Waals surface area contributed by atoms with E-state index in [0.29, 0.717) is 42.8 Å². The van der Waals surface area contributed by atoms with Crippen LogP contribution < -0.4 is 0 Å². The molecule has 2 bridgehead atoms. The minimum absolute atomic E-state index is 0.297. The lowest BCUT2D eigenvalue weighted by Gasteiger charge is -2.51. The Hall–Kier alpha value is -2.14. The van der Waals surface area contributed by atoms with Crippen molar-refractivity contribution < 1.29 is 4.79 Å². The van der Waals surface area contributed by atoms with Crippen molar-refractivity contribution in [1.82, 2.24) is 19.6 Å². The standard InChI is InChI=1S/C22H28N4O/c1-16-13-23-25(14-16)12-9-20(27)26-15-19(17-5-3-2-4-6-17)22-21(26)18-7-10-24(22)11-8-18/h2-6,13-14,18-19,21-22H,7-12,15H2,1H3/t19-,21-,22-/m1/s1. The molecule has 1 aromatic carbocycles. The molecule has 3 atom stereocenters. The molecule has 0 unspecified atom stereocenters. The van der Waals surface area contributed by atoms with E-state index in [1.54, 1.807) is 0 Å². The van der Waals surface area contributed by atoms with E-state index in [2.05, 4.69) is 45.2 Å². The predicted molar refractivity (Wildman–Crippen MR) is 104 cm³/mol. The molecule has 1 amide bonds. The number of hydrogen-bond donors (Lipinski definition) is 0. The molecular weight excluding hydrogens is 336 g/mol. The maximum Gasteiger partial charge on any atom is 0.224 e. The van der Waals surface area contributed by atoms with E-state index in [1.807, 2.05) is 24.0 Å². The Labute approximate surface area is 161 Å². The average molecular weight is 364 g/mol. The zero-order valence-electron chi connectivity index (χ0n) is 16.0. The number of aromatic nitrogens is 2. The number of carbonyl (C=O) groups is 1. The summed E-state index contributed by atoms with van der Waals surface area (Å²) in [6.07, 6.45) is 6.89. The first-order valence-corrected chi connectivity index (χ1v) is 10.3. The lowest BCUT2D eigenvalue weighted by atomic mass is 9.75. The van der Waals surface area contributed by atoms with Gasteiger partial charge in [0.05, 0.1) is 12.2 Å². The van der Waals surface area contributed by atoms with Crippen molar-refractivity contribution in [3.63, 3.8) is 0 Å². The molecular formula is C22H28N4O. The highest BCUT2D eigenvalue weighted by Gasteiger charge is 2.54. The average Bonchev–Trinajstić information content (AvgIpc) is 3.33. The lowest BCUT2D eigenvalue weighted by Crippen LogP contribution is -2.60. The van der Waals surface area contributed by atoms with Crippen LogP contribution in [0.15, 0.2) is 42.7 Å². The number of amides is 1. The number of nitrogens with zero attached hydrogens (tertiary/aromatic N) is 4. The highest BCUT2D eigenvalue weighted by molar-refractivity contribution is 5.77. The molecule has 6 rings (SSSR count). The van der Waals surface area contributed by atoms with Gasteiger partial charge in [-0.15, -0.1) is 0 Å². The SMILES string of the molecule is Cc1cnn(CCC(=O)N2C[C@H](c3ccccc3)[C@@H]3[C@H]2C2CCN3CC2)c1. The summed E-state index contributed by atoms with van der Waals surface area (Å²) in [4.78, 5) is 18.1. The Morgan fingerprint density at radius 2 is 1.93 bits per heavy atom. The lowest BCUT2D eigenvalue weighted by molar-refractivity contribution is -0.136. The highest BCUT2D eigenvalue weighted by atomic mass is 16.2. The van der Waals surface area contributed by atoms with Gasteiger partial charge in [-0.1, -0.05) is 30.3 Å². The van der Waals surface area contributed by atoms with E-state index in [0.717, 1.165) is 12.1 Å². The molecule has 0 aliphatic carbocycles. The zero-order chi connectivity index (χ0) is 18.4. The summed E-state index contributed by atoms with van der Waals surface area (Å²) in [6, 6.07) is 11.7. The summed E-state index contributed by atoms with van der Waals surface area (Å²) in [6.45, 7) is 5.97. The van der Waals surface area contributed by atoms with E-state index in [-0.39, 0.29) is 0 Å². The molecule has 0 saturated carbocycles. The van der Waals surface area contributed by atoms with Gasteiger partial charge in [-0.2, -0.15) is 5.10 Å². The molecule has 2 aromatic rings. The fourth-order valence-electron chi connectivity index (χ4n) is 5.64. The second kappa shape index (κ2) is 6.79. The second-order valence-corrected chi connectivity index (χ2v) is 8.45. The van der Waals surface area contributed by atoms with Gasteiger partial charge in [-0.25, -0.2) is 0 Å². The summed E-state index contributed by atoms with van der Waals surface area (Å²) >= 11 is 0.